The van der Waals surface area contributed by atoms with Crippen LogP contribution in [-0.4, -0.2) is 27.0 Å². The summed E-state index contributed by atoms with van der Waals surface area (Å²) in [6.45, 7) is 0. The number of para-hydroxylation sites is 1. The van der Waals surface area contributed by atoms with E-state index in [-0.39, 0.29) is 32.2 Å². The zero-order valence-electron chi connectivity index (χ0n) is 17.1. The van der Waals surface area contributed by atoms with E-state index < -0.39 is 16.7 Å². The number of hydrogen-bond donors (Lipinski definition) is 2. The number of nitrogens with one attached hydrogen (secondary N) is 1. The number of carbonyl (C=O) groups is 2. The lowest BCUT2D eigenvalue weighted by Crippen LogP contribution is -2.54. The highest BCUT2D eigenvalue weighted by Crippen LogP contribution is 2.35. The van der Waals surface area contributed by atoms with Gasteiger partial charge in [-0.15, -0.1) is 0 Å². The van der Waals surface area contributed by atoms with E-state index in [1.807, 2.05) is 18.2 Å². The summed E-state index contributed by atoms with van der Waals surface area (Å²) >= 11 is 8.23. The summed E-state index contributed by atoms with van der Waals surface area (Å²) in [7, 11) is 0. The second kappa shape index (κ2) is 9.41. The molecule has 170 valence electrons. The highest BCUT2D eigenvalue weighted by molar-refractivity contribution is 9.10. The molecule has 4 rings (SSSR count). The van der Waals surface area contributed by atoms with Crippen LogP contribution >= 0.6 is 28.1 Å². The van der Waals surface area contributed by atoms with Gasteiger partial charge in [0.05, 0.1) is 15.1 Å². The van der Waals surface area contributed by atoms with E-state index in [9.17, 15) is 24.8 Å². The molecule has 9 nitrogen and oxygen atoms in total. The fourth-order valence-corrected chi connectivity index (χ4v) is 3.90. The molecule has 1 saturated heterocycles. The van der Waals surface area contributed by atoms with Crippen molar-refractivity contribution in [1.82, 2.24) is 5.32 Å². The highest BCUT2D eigenvalue weighted by Gasteiger charge is 2.35. The zero-order valence-corrected chi connectivity index (χ0v) is 19.5. The van der Waals surface area contributed by atoms with Crippen LogP contribution in [0.1, 0.15) is 5.56 Å². The number of aromatic hydroxyl groups is 1. The smallest absolute Gasteiger partial charge is 0.271 e. The van der Waals surface area contributed by atoms with Gasteiger partial charge in [-0.25, -0.2) is 0 Å². The van der Waals surface area contributed by atoms with Gasteiger partial charge in [-0.3, -0.25) is 29.9 Å². The molecular weight excluding hydrogens is 526 g/mol. The van der Waals surface area contributed by atoms with Crippen LogP contribution in [0.4, 0.5) is 11.4 Å². The third-order valence-corrected chi connectivity index (χ3v) is 5.65. The average molecular weight is 540 g/mol. The van der Waals surface area contributed by atoms with E-state index in [4.69, 9.17) is 17.0 Å². The van der Waals surface area contributed by atoms with Gasteiger partial charge in [0.1, 0.15) is 22.8 Å². The molecule has 0 aromatic heterocycles. The lowest BCUT2D eigenvalue weighted by atomic mass is 10.1. The van der Waals surface area contributed by atoms with Gasteiger partial charge in [0.15, 0.2) is 5.11 Å². The van der Waals surface area contributed by atoms with E-state index in [0.717, 1.165) is 23.1 Å². The minimum atomic E-state index is -0.794. The number of ether oxygens (including phenoxy) is 1. The zero-order chi connectivity index (χ0) is 24.4. The van der Waals surface area contributed by atoms with Gasteiger partial charge in [-0.2, -0.15) is 0 Å². The number of benzene rings is 3. The summed E-state index contributed by atoms with van der Waals surface area (Å²) in [5, 5.41) is 23.7. The molecule has 0 bridgehead atoms. The van der Waals surface area contributed by atoms with Crippen LogP contribution in [0, 0.1) is 10.1 Å². The molecule has 3 aromatic carbocycles. The van der Waals surface area contributed by atoms with Crippen LogP contribution in [0.2, 0.25) is 0 Å². The molecule has 3 aromatic rings. The molecule has 0 radical (unpaired) electrons. The maximum Gasteiger partial charge on any atom is 0.271 e. The molecule has 0 atom stereocenters. The first-order chi connectivity index (χ1) is 16.2. The second-order valence-corrected chi connectivity index (χ2v) is 8.23. The molecule has 2 N–H and O–H groups in total. The Morgan fingerprint density at radius 2 is 1.71 bits per heavy atom. The van der Waals surface area contributed by atoms with Gasteiger partial charge in [-0.05, 0) is 70.6 Å². The quantitative estimate of drug-likeness (QED) is 0.158. The van der Waals surface area contributed by atoms with Crippen molar-refractivity contribution in [2.75, 3.05) is 4.90 Å². The lowest BCUT2D eigenvalue weighted by Gasteiger charge is -2.29. The number of thiocarbonyl (C=S) groups is 1. The van der Waals surface area contributed by atoms with Crippen LogP contribution in [0.3, 0.4) is 0 Å². The number of phenolic OH excluding ortho intramolecular Hbond substituents is 1. The molecule has 34 heavy (non-hydrogen) atoms. The first kappa shape index (κ1) is 23.1. The molecule has 1 aliphatic heterocycles. The Morgan fingerprint density at radius 3 is 2.35 bits per heavy atom. The topological polar surface area (TPSA) is 122 Å². The van der Waals surface area contributed by atoms with E-state index >= 15 is 0 Å². The number of amides is 2. The van der Waals surface area contributed by atoms with Crippen molar-refractivity contribution in [3.63, 3.8) is 0 Å². The summed E-state index contributed by atoms with van der Waals surface area (Å²) in [6, 6.07) is 17.8. The lowest BCUT2D eigenvalue weighted by molar-refractivity contribution is -0.385. The Bertz CT molecular complexity index is 1360. The number of phenols is 1. The van der Waals surface area contributed by atoms with Gasteiger partial charge in [0, 0.05) is 17.7 Å². The van der Waals surface area contributed by atoms with Crippen LogP contribution in [0.5, 0.6) is 17.2 Å². The first-order valence-corrected chi connectivity index (χ1v) is 10.9. The van der Waals surface area contributed by atoms with Crippen molar-refractivity contribution < 1.29 is 24.4 Å². The Balaban J connectivity index is 1.66. The molecule has 1 heterocycles. The van der Waals surface area contributed by atoms with E-state index in [1.54, 1.807) is 36.4 Å². The van der Waals surface area contributed by atoms with Gasteiger partial charge in [-0.1, -0.05) is 18.2 Å². The molecule has 0 aliphatic carbocycles. The van der Waals surface area contributed by atoms with E-state index in [2.05, 4.69) is 21.2 Å². The fourth-order valence-electron chi connectivity index (χ4n) is 3.16. The monoisotopic (exact) mass is 539 g/mol. The predicted octanol–water partition coefficient (Wildman–Crippen LogP) is 4.69. The van der Waals surface area contributed by atoms with Crippen molar-refractivity contribution in [3.05, 3.63) is 92.5 Å². The second-order valence-electron chi connectivity index (χ2n) is 6.99. The van der Waals surface area contributed by atoms with Crippen molar-refractivity contribution in [2.24, 2.45) is 0 Å². The largest absolute Gasteiger partial charge is 0.506 e. The number of non-ortho nitro benzene ring substituents is 1. The Hall–Kier alpha value is -4.09. The molecule has 0 spiro atoms. The van der Waals surface area contributed by atoms with Crippen molar-refractivity contribution in [2.45, 2.75) is 0 Å². The fraction of sp³-hybridized carbons (Fsp3) is 0. The Kier molecular flexibility index (Phi) is 6.39. The number of nitro groups is 1. The van der Waals surface area contributed by atoms with Gasteiger partial charge in [0.25, 0.3) is 17.5 Å². The third-order valence-electron chi connectivity index (χ3n) is 4.76. The van der Waals surface area contributed by atoms with Crippen LogP contribution in [0.25, 0.3) is 6.08 Å². The molecule has 1 fully saturated rings. The normalized spacial score (nSPS) is 14.8. The number of anilines is 1. The molecule has 1 aliphatic rings. The first-order valence-electron chi connectivity index (χ1n) is 9.66. The summed E-state index contributed by atoms with van der Waals surface area (Å²) in [5.74, 6) is -0.748. The summed E-state index contributed by atoms with van der Waals surface area (Å²) in [5.41, 5.74) is -0.410. The standard InChI is InChI=1S/C23H14BrN3O6S/c24-19-12-15(27(31)32)10-13(20(19)28)11-18-21(29)25-23(34)26(22(18)30)14-6-8-17(9-7-14)33-16-4-2-1-3-5-16/h1-12,28H,(H,25,29,34)/b18-11+. The van der Waals surface area contributed by atoms with Gasteiger partial charge in [0.2, 0.25) is 0 Å². The van der Waals surface area contributed by atoms with Crippen LogP contribution in [-0.2, 0) is 9.59 Å². The molecular formula is C23H14BrN3O6S. The molecule has 11 heteroatoms. The van der Waals surface area contributed by atoms with E-state index in [1.165, 1.54) is 0 Å². The number of nitrogens with zero attached hydrogens (tertiary/aromatic N) is 2. The summed E-state index contributed by atoms with van der Waals surface area (Å²) < 4.78 is 5.78. The van der Waals surface area contributed by atoms with Crippen molar-refractivity contribution in [1.29, 1.82) is 0 Å². The molecule has 0 saturated carbocycles. The van der Waals surface area contributed by atoms with Crippen LogP contribution in [0.15, 0.2) is 76.8 Å². The summed E-state index contributed by atoms with van der Waals surface area (Å²) in [6.07, 6.45) is 1.08. The highest BCUT2D eigenvalue weighted by atomic mass is 79.9. The van der Waals surface area contributed by atoms with Crippen molar-refractivity contribution in [3.8, 4) is 17.2 Å². The molecule has 0 unspecified atom stereocenters. The number of rotatable bonds is 5. The summed E-state index contributed by atoms with van der Waals surface area (Å²) in [4.78, 5) is 37.3. The Morgan fingerprint density at radius 1 is 1.06 bits per heavy atom. The number of carbonyl (C=O) groups excluding carboxylic acids is 2. The van der Waals surface area contributed by atoms with Gasteiger partial charge < -0.3 is 9.84 Å². The van der Waals surface area contributed by atoms with E-state index in [0.29, 0.717) is 17.2 Å². The number of halogens is 1. The van der Waals surface area contributed by atoms with Gasteiger partial charge >= 0.3 is 0 Å². The average Bonchev–Trinajstić information content (AvgIpc) is 2.80. The molecule has 2 amide bonds. The van der Waals surface area contributed by atoms with Crippen molar-refractivity contribution >= 4 is 62.5 Å². The minimum absolute atomic E-state index is 0.0404. The number of hydrogen-bond acceptors (Lipinski definition) is 7. The predicted molar refractivity (Wildman–Crippen MR) is 132 cm³/mol. The maximum absolute atomic E-state index is 13.2. The SMILES string of the molecule is O=C1NC(=S)N(c2ccc(Oc3ccccc3)cc2)C(=O)/C1=C/c1cc([N+](=O)[O-])cc(Br)c1O. The van der Waals surface area contributed by atoms with Crippen LogP contribution < -0.4 is 15.0 Å². The third kappa shape index (κ3) is 4.65. The maximum atomic E-state index is 13.2. The Labute approximate surface area is 206 Å². The number of nitro benzene ring substituents is 1. The minimum Gasteiger partial charge on any atom is -0.506 e.